The lowest BCUT2D eigenvalue weighted by Gasteiger charge is -2.18. The summed E-state index contributed by atoms with van der Waals surface area (Å²) < 4.78 is 6.00. The van der Waals surface area contributed by atoms with E-state index in [1.54, 1.807) is 0 Å². The molecule has 29 heavy (non-hydrogen) atoms. The first-order chi connectivity index (χ1) is 14.1. The van der Waals surface area contributed by atoms with E-state index in [2.05, 4.69) is 59.5 Å². The number of anilines is 1. The van der Waals surface area contributed by atoms with Gasteiger partial charge in [0.1, 0.15) is 17.7 Å². The second-order valence-electron chi connectivity index (χ2n) is 7.54. The van der Waals surface area contributed by atoms with Crippen LogP contribution in [0.3, 0.4) is 0 Å². The lowest BCUT2D eigenvalue weighted by Crippen LogP contribution is -2.41. The summed E-state index contributed by atoms with van der Waals surface area (Å²) in [6, 6.07) is 12.3. The van der Waals surface area contributed by atoms with E-state index >= 15 is 0 Å². The molecule has 2 aromatic rings. The number of guanidine groups is 1. The van der Waals surface area contributed by atoms with Gasteiger partial charge in [-0.3, -0.25) is 0 Å². The second kappa shape index (κ2) is 10.7. The highest BCUT2D eigenvalue weighted by atomic mass is 16.5. The number of benzene rings is 1. The normalized spacial score (nSPS) is 15.3. The maximum atomic E-state index is 6.00. The predicted octanol–water partition coefficient (Wildman–Crippen LogP) is 3.51. The van der Waals surface area contributed by atoms with Crippen molar-refractivity contribution in [1.29, 1.82) is 0 Å². The fraction of sp³-hybridized carbons (Fsp3) is 0.478. The molecule has 156 valence electrons. The Kier molecular flexibility index (Phi) is 7.73. The average Bonchev–Trinajstić information content (AvgIpc) is 3.25. The van der Waals surface area contributed by atoms with Crippen molar-refractivity contribution >= 4 is 11.8 Å². The molecule has 1 unspecified atom stereocenters. The van der Waals surface area contributed by atoms with Gasteiger partial charge in [0.15, 0.2) is 5.96 Å². The number of nitrogens with one attached hydrogen (secondary N) is 2. The molecule has 6 nitrogen and oxygen atoms in total. The summed E-state index contributed by atoms with van der Waals surface area (Å²) in [7, 11) is 0. The summed E-state index contributed by atoms with van der Waals surface area (Å²) in [5, 5.41) is 6.69. The zero-order valence-electron chi connectivity index (χ0n) is 17.8. The second-order valence-corrected chi connectivity index (χ2v) is 7.54. The predicted molar refractivity (Wildman–Crippen MR) is 120 cm³/mol. The summed E-state index contributed by atoms with van der Waals surface area (Å²) in [5.41, 5.74) is 2.37. The molecule has 0 amide bonds. The molecule has 1 aliphatic rings. The van der Waals surface area contributed by atoms with Gasteiger partial charge < -0.3 is 20.3 Å². The molecule has 1 aliphatic heterocycles. The first kappa shape index (κ1) is 21.0. The molecule has 0 aliphatic carbocycles. The maximum absolute atomic E-state index is 6.00. The van der Waals surface area contributed by atoms with Gasteiger partial charge in [0, 0.05) is 25.8 Å². The molecule has 1 aromatic heterocycles. The van der Waals surface area contributed by atoms with Gasteiger partial charge in [-0.05, 0) is 69.0 Å². The first-order valence-corrected chi connectivity index (χ1v) is 10.6. The van der Waals surface area contributed by atoms with Crippen LogP contribution in [0.15, 0.2) is 47.6 Å². The van der Waals surface area contributed by atoms with E-state index in [4.69, 9.17) is 9.73 Å². The highest BCUT2D eigenvalue weighted by molar-refractivity contribution is 5.79. The third-order valence-corrected chi connectivity index (χ3v) is 4.89. The fourth-order valence-corrected chi connectivity index (χ4v) is 3.39. The minimum atomic E-state index is 0.0309. The summed E-state index contributed by atoms with van der Waals surface area (Å²) >= 11 is 0. The Morgan fingerprint density at radius 1 is 1.21 bits per heavy atom. The Balaban J connectivity index is 1.54. The van der Waals surface area contributed by atoms with Crippen LogP contribution in [0, 0.1) is 6.92 Å². The van der Waals surface area contributed by atoms with Gasteiger partial charge >= 0.3 is 0 Å². The number of aliphatic imine (C=N–C) groups is 1. The van der Waals surface area contributed by atoms with Gasteiger partial charge in [-0.1, -0.05) is 12.1 Å². The quantitative estimate of drug-likeness (QED) is 0.529. The summed E-state index contributed by atoms with van der Waals surface area (Å²) in [6.45, 7) is 10.5. The number of hydrogen-bond acceptors (Lipinski definition) is 4. The van der Waals surface area contributed by atoms with Crippen LogP contribution in [0.1, 0.15) is 37.8 Å². The summed E-state index contributed by atoms with van der Waals surface area (Å²) in [5.74, 6) is 2.76. The van der Waals surface area contributed by atoms with Crippen molar-refractivity contribution in [2.45, 2.75) is 46.3 Å². The van der Waals surface area contributed by atoms with Gasteiger partial charge in [0.2, 0.25) is 0 Å². The molecule has 0 bridgehead atoms. The topological polar surface area (TPSA) is 61.8 Å². The van der Waals surface area contributed by atoms with Gasteiger partial charge in [-0.2, -0.15) is 0 Å². The van der Waals surface area contributed by atoms with Crippen molar-refractivity contribution in [3.05, 3.63) is 53.7 Å². The van der Waals surface area contributed by atoms with Crippen LogP contribution in [0.4, 0.5) is 5.82 Å². The molecule has 1 atom stereocenters. The monoisotopic (exact) mass is 395 g/mol. The summed E-state index contributed by atoms with van der Waals surface area (Å²) in [6.07, 6.45) is 4.42. The van der Waals surface area contributed by atoms with Gasteiger partial charge in [0.25, 0.3) is 0 Å². The Morgan fingerprint density at radius 3 is 2.79 bits per heavy atom. The van der Waals surface area contributed by atoms with Gasteiger partial charge in [0.05, 0.1) is 13.1 Å². The SMILES string of the molecule is CCNC(=NCc1ccnc(N2CCCC2)c1)NCC(C)Oc1cccc(C)c1. The molecule has 1 saturated heterocycles. The molecule has 6 heteroatoms. The number of hydrogen-bond donors (Lipinski definition) is 2. The molecule has 1 fully saturated rings. The Hall–Kier alpha value is -2.76. The minimum absolute atomic E-state index is 0.0309. The van der Waals surface area contributed by atoms with E-state index in [0.717, 1.165) is 37.2 Å². The third kappa shape index (κ3) is 6.66. The number of ether oxygens (including phenoxy) is 1. The van der Waals surface area contributed by atoms with Crippen molar-refractivity contribution in [3.63, 3.8) is 0 Å². The van der Waals surface area contributed by atoms with E-state index in [9.17, 15) is 0 Å². The molecule has 1 aromatic carbocycles. The van der Waals surface area contributed by atoms with Crippen LogP contribution in [0.25, 0.3) is 0 Å². The van der Waals surface area contributed by atoms with E-state index in [1.165, 1.54) is 24.0 Å². The average molecular weight is 396 g/mol. The van der Waals surface area contributed by atoms with Crippen molar-refractivity contribution in [3.8, 4) is 5.75 Å². The van der Waals surface area contributed by atoms with Gasteiger partial charge in [-0.15, -0.1) is 0 Å². The highest BCUT2D eigenvalue weighted by Crippen LogP contribution is 2.19. The molecule has 0 saturated carbocycles. The number of pyridine rings is 1. The summed E-state index contributed by atoms with van der Waals surface area (Å²) in [4.78, 5) is 11.6. The Bertz CT molecular complexity index is 801. The van der Waals surface area contributed by atoms with E-state index < -0.39 is 0 Å². The Labute approximate surface area is 174 Å². The van der Waals surface area contributed by atoms with Crippen LogP contribution >= 0.6 is 0 Å². The molecular weight excluding hydrogens is 362 g/mol. The van der Waals surface area contributed by atoms with Crippen molar-refractivity contribution < 1.29 is 4.74 Å². The molecular formula is C23H33N5O. The largest absolute Gasteiger partial charge is 0.489 e. The lowest BCUT2D eigenvalue weighted by molar-refractivity contribution is 0.223. The van der Waals surface area contributed by atoms with Crippen molar-refractivity contribution in [2.24, 2.45) is 4.99 Å². The molecule has 3 rings (SSSR count). The van der Waals surface area contributed by atoms with E-state index in [-0.39, 0.29) is 6.10 Å². The van der Waals surface area contributed by atoms with E-state index in [1.807, 2.05) is 24.4 Å². The number of aromatic nitrogens is 1. The fourth-order valence-electron chi connectivity index (χ4n) is 3.39. The smallest absolute Gasteiger partial charge is 0.191 e. The van der Waals surface area contributed by atoms with Crippen LogP contribution in [0.2, 0.25) is 0 Å². The Morgan fingerprint density at radius 2 is 2.03 bits per heavy atom. The minimum Gasteiger partial charge on any atom is -0.489 e. The van der Waals surface area contributed by atoms with Crippen LogP contribution in [-0.4, -0.2) is 43.2 Å². The lowest BCUT2D eigenvalue weighted by atomic mass is 10.2. The van der Waals surface area contributed by atoms with Crippen LogP contribution in [0.5, 0.6) is 5.75 Å². The van der Waals surface area contributed by atoms with Crippen LogP contribution in [-0.2, 0) is 6.54 Å². The molecule has 0 spiro atoms. The van der Waals surface area contributed by atoms with Crippen LogP contribution < -0.4 is 20.3 Å². The highest BCUT2D eigenvalue weighted by Gasteiger charge is 2.13. The van der Waals surface area contributed by atoms with E-state index in [0.29, 0.717) is 13.1 Å². The zero-order valence-corrected chi connectivity index (χ0v) is 17.8. The molecule has 2 N–H and O–H groups in total. The molecule has 2 heterocycles. The number of rotatable bonds is 8. The standard InChI is InChI=1S/C23H33N5O/c1-4-24-23(26-16-19(3)29-21-9-7-8-18(2)14-21)27-17-20-10-11-25-22(15-20)28-12-5-6-13-28/h7-11,14-15,19H,4-6,12-13,16-17H2,1-3H3,(H2,24,26,27). The number of aryl methyl sites for hydroxylation is 1. The molecule has 0 radical (unpaired) electrons. The van der Waals surface area contributed by atoms with Crippen molar-refractivity contribution in [1.82, 2.24) is 15.6 Å². The van der Waals surface area contributed by atoms with Crippen molar-refractivity contribution in [2.75, 3.05) is 31.1 Å². The number of nitrogens with zero attached hydrogens (tertiary/aromatic N) is 3. The first-order valence-electron chi connectivity index (χ1n) is 10.6. The van der Waals surface area contributed by atoms with Gasteiger partial charge in [-0.25, -0.2) is 9.98 Å². The maximum Gasteiger partial charge on any atom is 0.191 e. The third-order valence-electron chi connectivity index (χ3n) is 4.89. The zero-order chi connectivity index (χ0) is 20.5.